The summed E-state index contributed by atoms with van der Waals surface area (Å²) >= 11 is 0. The molecule has 0 bridgehead atoms. The van der Waals surface area contributed by atoms with Crippen molar-refractivity contribution in [1.29, 1.82) is 0 Å². The second kappa shape index (κ2) is 36.6. The number of amides is 1. The number of hydrogen-bond donors (Lipinski definition) is 3. The summed E-state index contributed by atoms with van der Waals surface area (Å²) in [7, 11) is 0. The zero-order chi connectivity index (χ0) is 32.2. The minimum atomic E-state index is -0.658. The summed E-state index contributed by atoms with van der Waals surface area (Å²) < 4.78 is 0. The molecular weight excluding hydrogens is 542 g/mol. The number of carbonyl (C=O) groups is 1. The Hall–Kier alpha value is -0.870. The summed E-state index contributed by atoms with van der Waals surface area (Å²) in [6, 6.07) is -0.535. The van der Waals surface area contributed by atoms with Crippen molar-refractivity contribution in [3.05, 3.63) is 12.2 Å². The van der Waals surface area contributed by atoms with E-state index >= 15 is 0 Å². The molecule has 1 amide bonds. The van der Waals surface area contributed by atoms with Gasteiger partial charge >= 0.3 is 0 Å². The van der Waals surface area contributed by atoms with Crippen LogP contribution in [-0.4, -0.2) is 34.9 Å². The van der Waals surface area contributed by atoms with E-state index in [1.54, 1.807) is 0 Å². The monoisotopic (exact) mass is 622 g/mol. The van der Waals surface area contributed by atoms with Crippen LogP contribution in [0.5, 0.6) is 0 Å². The molecule has 0 saturated carbocycles. The Morgan fingerprint density at radius 1 is 0.523 bits per heavy atom. The van der Waals surface area contributed by atoms with Gasteiger partial charge < -0.3 is 15.5 Å². The van der Waals surface area contributed by atoms with Crippen LogP contribution in [0.15, 0.2) is 12.2 Å². The van der Waals surface area contributed by atoms with Gasteiger partial charge in [-0.15, -0.1) is 0 Å². The minimum absolute atomic E-state index is 0.0410. The highest BCUT2D eigenvalue weighted by Crippen LogP contribution is 2.16. The molecule has 44 heavy (non-hydrogen) atoms. The van der Waals surface area contributed by atoms with E-state index in [4.69, 9.17) is 0 Å². The summed E-state index contributed by atoms with van der Waals surface area (Å²) in [6.45, 7) is 4.32. The Kier molecular flexibility index (Phi) is 35.9. The van der Waals surface area contributed by atoms with E-state index in [2.05, 4.69) is 31.3 Å². The quantitative estimate of drug-likeness (QED) is 0.0481. The van der Waals surface area contributed by atoms with Gasteiger partial charge in [0, 0.05) is 6.42 Å². The molecule has 4 nitrogen and oxygen atoms in total. The molecule has 0 aromatic rings. The molecule has 262 valence electrons. The molecular formula is C40H79NO3. The first kappa shape index (κ1) is 43.1. The van der Waals surface area contributed by atoms with Gasteiger partial charge in [-0.05, 0) is 32.1 Å². The van der Waals surface area contributed by atoms with E-state index in [-0.39, 0.29) is 12.5 Å². The third kappa shape index (κ3) is 32.5. The van der Waals surface area contributed by atoms with Crippen LogP contribution < -0.4 is 5.32 Å². The fourth-order valence-electron chi connectivity index (χ4n) is 6.16. The molecule has 0 heterocycles. The van der Waals surface area contributed by atoms with Crippen LogP contribution in [-0.2, 0) is 4.79 Å². The largest absolute Gasteiger partial charge is 0.394 e. The smallest absolute Gasteiger partial charge is 0.220 e. The van der Waals surface area contributed by atoms with Crippen molar-refractivity contribution in [1.82, 2.24) is 5.32 Å². The lowest BCUT2D eigenvalue weighted by Crippen LogP contribution is -2.45. The average molecular weight is 622 g/mol. The standard InChI is InChI=1S/C40H79NO3/c1-3-5-7-9-11-13-15-16-17-18-19-20-21-22-23-24-26-27-29-31-33-35-39(43)38(37-42)41-40(44)36-34-32-30-28-25-14-12-10-8-6-4-2/h10,12,38-39,42-43H,3-9,11,13-37H2,1-2H3,(H,41,44)/b12-10-. The molecule has 4 heteroatoms. The Morgan fingerprint density at radius 3 is 1.32 bits per heavy atom. The van der Waals surface area contributed by atoms with Crippen LogP contribution >= 0.6 is 0 Å². The lowest BCUT2D eigenvalue weighted by atomic mass is 10.0. The Bertz CT molecular complexity index is 593. The van der Waals surface area contributed by atoms with E-state index in [0.717, 1.165) is 25.7 Å². The maximum atomic E-state index is 12.3. The van der Waals surface area contributed by atoms with Gasteiger partial charge in [-0.25, -0.2) is 0 Å². The summed E-state index contributed by atoms with van der Waals surface area (Å²) in [5.41, 5.74) is 0. The second-order valence-electron chi connectivity index (χ2n) is 13.7. The van der Waals surface area contributed by atoms with Gasteiger partial charge in [0.15, 0.2) is 0 Å². The van der Waals surface area contributed by atoms with Crippen LogP contribution in [0.4, 0.5) is 0 Å². The number of unbranched alkanes of at least 4 members (excludes halogenated alkanes) is 27. The predicted molar refractivity (Wildman–Crippen MR) is 193 cm³/mol. The van der Waals surface area contributed by atoms with Gasteiger partial charge in [0.1, 0.15) is 0 Å². The van der Waals surface area contributed by atoms with Crippen molar-refractivity contribution in [3.63, 3.8) is 0 Å². The number of allylic oxidation sites excluding steroid dienone is 2. The molecule has 0 aromatic heterocycles. The summed E-state index contributed by atoms with van der Waals surface area (Å²) in [4.78, 5) is 12.3. The first-order chi connectivity index (χ1) is 21.7. The summed E-state index contributed by atoms with van der Waals surface area (Å²) in [6.07, 6.45) is 44.2. The number of aliphatic hydroxyl groups excluding tert-OH is 2. The fourth-order valence-corrected chi connectivity index (χ4v) is 6.16. The lowest BCUT2D eigenvalue weighted by molar-refractivity contribution is -0.123. The molecule has 3 N–H and O–H groups in total. The maximum Gasteiger partial charge on any atom is 0.220 e. The Labute approximate surface area is 276 Å². The van der Waals surface area contributed by atoms with Crippen molar-refractivity contribution < 1.29 is 15.0 Å². The Morgan fingerprint density at radius 2 is 0.886 bits per heavy atom. The first-order valence-electron chi connectivity index (χ1n) is 19.9. The zero-order valence-electron chi connectivity index (χ0n) is 29.9. The molecule has 0 aliphatic heterocycles. The lowest BCUT2D eigenvalue weighted by Gasteiger charge is -2.22. The fraction of sp³-hybridized carbons (Fsp3) is 0.925. The van der Waals surface area contributed by atoms with Crippen LogP contribution in [0, 0.1) is 0 Å². The highest BCUT2D eigenvalue weighted by molar-refractivity contribution is 5.76. The van der Waals surface area contributed by atoms with Crippen molar-refractivity contribution in [2.24, 2.45) is 0 Å². The van der Waals surface area contributed by atoms with Crippen LogP contribution in [0.25, 0.3) is 0 Å². The molecule has 0 radical (unpaired) electrons. The van der Waals surface area contributed by atoms with Crippen molar-refractivity contribution in [2.45, 2.75) is 231 Å². The maximum absolute atomic E-state index is 12.3. The van der Waals surface area contributed by atoms with Gasteiger partial charge in [-0.3, -0.25) is 4.79 Å². The molecule has 0 aliphatic carbocycles. The van der Waals surface area contributed by atoms with Crippen LogP contribution in [0.2, 0.25) is 0 Å². The number of nitrogens with one attached hydrogen (secondary N) is 1. The highest BCUT2D eigenvalue weighted by Gasteiger charge is 2.19. The van der Waals surface area contributed by atoms with Crippen molar-refractivity contribution in [2.75, 3.05) is 6.61 Å². The van der Waals surface area contributed by atoms with Crippen LogP contribution in [0.3, 0.4) is 0 Å². The van der Waals surface area contributed by atoms with Gasteiger partial charge in [0.25, 0.3) is 0 Å². The summed E-state index contributed by atoms with van der Waals surface area (Å²) in [5.74, 6) is -0.0410. The van der Waals surface area contributed by atoms with Crippen LogP contribution in [0.1, 0.15) is 219 Å². The number of carbonyl (C=O) groups excluding carboxylic acids is 1. The number of hydrogen-bond acceptors (Lipinski definition) is 3. The van der Waals surface area contributed by atoms with E-state index in [1.165, 1.54) is 167 Å². The molecule has 0 fully saturated rings. The van der Waals surface area contributed by atoms with E-state index in [1.807, 2.05) is 0 Å². The highest BCUT2D eigenvalue weighted by atomic mass is 16.3. The van der Waals surface area contributed by atoms with Gasteiger partial charge in [0.2, 0.25) is 5.91 Å². The number of rotatable bonds is 36. The second-order valence-corrected chi connectivity index (χ2v) is 13.7. The van der Waals surface area contributed by atoms with E-state index in [9.17, 15) is 15.0 Å². The molecule has 0 aromatic carbocycles. The van der Waals surface area contributed by atoms with Gasteiger partial charge in [-0.2, -0.15) is 0 Å². The first-order valence-corrected chi connectivity index (χ1v) is 19.9. The number of aliphatic hydroxyl groups is 2. The normalized spacial score (nSPS) is 13.1. The zero-order valence-corrected chi connectivity index (χ0v) is 29.9. The summed E-state index contributed by atoms with van der Waals surface area (Å²) in [5, 5.41) is 23.1. The average Bonchev–Trinajstić information content (AvgIpc) is 3.03. The van der Waals surface area contributed by atoms with E-state index in [0.29, 0.717) is 12.8 Å². The molecule has 2 unspecified atom stereocenters. The third-order valence-corrected chi connectivity index (χ3v) is 9.28. The van der Waals surface area contributed by atoms with Gasteiger partial charge in [-0.1, -0.05) is 193 Å². The van der Waals surface area contributed by atoms with Crippen molar-refractivity contribution >= 4 is 5.91 Å². The topological polar surface area (TPSA) is 69.6 Å². The van der Waals surface area contributed by atoms with Crippen molar-refractivity contribution in [3.8, 4) is 0 Å². The third-order valence-electron chi connectivity index (χ3n) is 9.28. The molecule has 0 rings (SSSR count). The molecule has 0 aliphatic rings. The molecule has 0 spiro atoms. The molecule has 2 atom stereocenters. The van der Waals surface area contributed by atoms with E-state index < -0.39 is 12.1 Å². The minimum Gasteiger partial charge on any atom is -0.394 e. The Balaban J connectivity index is 3.48. The molecule has 0 saturated heterocycles. The SMILES string of the molecule is CCCC/C=C\CCCCCCCC(=O)NC(CO)C(O)CCCCCCCCCCCCCCCCCCCCCCC. The van der Waals surface area contributed by atoms with Gasteiger partial charge in [0.05, 0.1) is 18.8 Å². The predicted octanol–water partition coefficient (Wildman–Crippen LogP) is 11.9.